The number of anilines is 2. The van der Waals surface area contributed by atoms with Gasteiger partial charge in [0.05, 0.1) is 23.1 Å². The third-order valence-electron chi connectivity index (χ3n) is 6.46. The van der Waals surface area contributed by atoms with Crippen molar-refractivity contribution >= 4 is 21.4 Å². The Morgan fingerprint density at radius 2 is 1.77 bits per heavy atom. The standard InChI is InChI=1S/C24H24N2O3S/c1-4-24-19-7-5-6-8-21(19)25-23(24)26(22-14-11-17(29-3)15-20(22)24)30(27,28)18-12-9-16(2)10-13-18/h5-15,23,25H,4H2,1-3H3/t23-,24+/m1/s1. The van der Waals surface area contributed by atoms with E-state index >= 15 is 0 Å². The van der Waals surface area contributed by atoms with Gasteiger partial charge in [-0.05, 0) is 60.9 Å². The highest BCUT2D eigenvalue weighted by Gasteiger charge is 2.59. The minimum absolute atomic E-state index is 0.291. The Morgan fingerprint density at radius 1 is 1.03 bits per heavy atom. The van der Waals surface area contributed by atoms with Crippen molar-refractivity contribution in [2.24, 2.45) is 0 Å². The zero-order valence-electron chi connectivity index (χ0n) is 17.2. The van der Waals surface area contributed by atoms with Crippen LogP contribution >= 0.6 is 0 Å². The molecule has 0 aliphatic carbocycles. The van der Waals surface area contributed by atoms with Crippen molar-refractivity contribution in [3.8, 4) is 5.75 Å². The SMILES string of the molecule is CC[C@@]12c3ccccc3N[C@@H]1N(S(=O)(=O)c1ccc(C)cc1)c1ccc(OC)cc12. The van der Waals surface area contributed by atoms with Crippen molar-refractivity contribution in [1.82, 2.24) is 0 Å². The van der Waals surface area contributed by atoms with Gasteiger partial charge in [-0.25, -0.2) is 12.7 Å². The molecule has 5 rings (SSSR count). The van der Waals surface area contributed by atoms with E-state index < -0.39 is 21.6 Å². The van der Waals surface area contributed by atoms with Crippen LogP contribution in [0.4, 0.5) is 11.4 Å². The second kappa shape index (κ2) is 6.51. The fourth-order valence-electron chi connectivity index (χ4n) is 4.96. The van der Waals surface area contributed by atoms with Gasteiger partial charge in [-0.2, -0.15) is 0 Å². The molecule has 0 spiro atoms. The van der Waals surface area contributed by atoms with Crippen LogP contribution in [-0.2, 0) is 15.4 Å². The third-order valence-corrected chi connectivity index (χ3v) is 8.25. The predicted octanol–water partition coefficient (Wildman–Crippen LogP) is 4.66. The zero-order valence-corrected chi connectivity index (χ0v) is 18.0. The smallest absolute Gasteiger partial charge is 0.266 e. The largest absolute Gasteiger partial charge is 0.497 e. The fraction of sp³-hybridized carbons (Fsp3) is 0.250. The van der Waals surface area contributed by atoms with Gasteiger partial charge in [0, 0.05) is 5.69 Å². The molecule has 0 amide bonds. The van der Waals surface area contributed by atoms with Crippen LogP contribution < -0.4 is 14.4 Å². The maximum absolute atomic E-state index is 13.9. The first kappa shape index (κ1) is 19.0. The Morgan fingerprint density at radius 3 is 2.47 bits per heavy atom. The zero-order chi connectivity index (χ0) is 21.1. The number of hydrogen-bond donors (Lipinski definition) is 1. The summed E-state index contributed by atoms with van der Waals surface area (Å²) in [7, 11) is -2.15. The van der Waals surface area contributed by atoms with E-state index in [1.807, 2.05) is 55.5 Å². The van der Waals surface area contributed by atoms with E-state index in [1.165, 1.54) is 0 Å². The van der Waals surface area contributed by atoms with Crippen LogP contribution in [0.25, 0.3) is 0 Å². The van der Waals surface area contributed by atoms with E-state index in [-0.39, 0.29) is 0 Å². The normalized spacial score (nSPS) is 21.6. The summed E-state index contributed by atoms with van der Waals surface area (Å²) in [5.74, 6) is 0.722. The number of hydrogen-bond acceptors (Lipinski definition) is 4. The number of para-hydroxylation sites is 1. The van der Waals surface area contributed by atoms with Crippen LogP contribution in [0.15, 0.2) is 71.6 Å². The number of sulfonamides is 1. The van der Waals surface area contributed by atoms with Gasteiger partial charge in [0.15, 0.2) is 0 Å². The summed E-state index contributed by atoms with van der Waals surface area (Å²) < 4.78 is 34.8. The number of ether oxygens (including phenoxy) is 1. The van der Waals surface area contributed by atoms with E-state index in [1.54, 1.807) is 23.5 Å². The van der Waals surface area contributed by atoms with Gasteiger partial charge in [0.1, 0.15) is 11.9 Å². The second-order valence-corrected chi connectivity index (χ2v) is 9.73. The molecule has 0 saturated carbocycles. The summed E-state index contributed by atoms with van der Waals surface area (Å²) in [6.45, 7) is 4.06. The van der Waals surface area contributed by atoms with E-state index in [0.717, 1.165) is 34.5 Å². The Kier molecular flexibility index (Phi) is 4.12. The minimum atomic E-state index is -3.78. The number of benzene rings is 3. The van der Waals surface area contributed by atoms with Crippen LogP contribution in [-0.4, -0.2) is 21.7 Å². The van der Waals surface area contributed by atoms with Crippen LogP contribution in [0.1, 0.15) is 30.0 Å². The summed E-state index contributed by atoms with van der Waals surface area (Å²) in [6.07, 6.45) is 0.315. The maximum Gasteiger partial charge on any atom is 0.266 e. The minimum Gasteiger partial charge on any atom is -0.497 e. The molecular formula is C24H24N2O3S. The predicted molar refractivity (Wildman–Crippen MR) is 119 cm³/mol. The summed E-state index contributed by atoms with van der Waals surface area (Å²) >= 11 is 0. The average Bonchev–Trinajstić information content (AvgIpc) is 3.23. The molecule has 0 radical (unpaired) electrons. The maximum atomic E-state index is 13.9. The number of methoxy groups -OCH3 is 1. The van der Waals surface area contributed by atoms with E-state index in [0.29, 0.717) is 10.6 Å². The molecule has 0 aromatic heterocycles. The number of rotatable bonds is 4. The summed E-state index contributed by atoms with van der Waals surface area (Å²) in [5.41, 5.74) is 4.30. The Bertz CT molecular complexity index is 1240. The molecule has 0 fully saturated rings. The molecule has 154 valence electrons. The molecule has 6 heteroatoms. The highest BCUT2D eigenvalue weighted by atomic mass is 32.2. The van der Waals surface area contributed by atoms with E-state index in [4.69, 9.17) is 4.74 Å². The van der Waals surface area contributed by atoms with Gasteiger partial charge in [-0.3, -0.25) is 0 Å². The first-order chi connectivity index (χ1) is 14.4. The Balaban J connectivity index is 1.78. The molecule has 2 atom stereocenters. The topological polar surface area (TPSA) is 58.6 Å². The summed E-state index contributed by atoms with van der Waals surface area (Å²) in [5, 5.41) is 3.52. The van der Waals surface area contributed by atoms with Crippen molar-refractivity contribution in [3.05, 3.63) is 83.4 Å². The molecule has 3 aromatic carbocycles. The molecule has 30 heavy (non-hydrogen) atoms. The van der Waals surface area contributed by atoms with Crippen LogP contribution in [0.3, 0.4) is 0 Å². The van der Waals surface area contributed by atoms with Crippen LogP contribution in [0.2, 0.25) is 0 Å². The monoisotopic (exact) mass is 420 g/mol. The average molecular weight is 421 g/mol. The lowest BCUT2D eigenvalue weighted by Gasteiger charge is -2.33. The molecule has 2 aliphatic heterocycles. The van der Waals surface area contributed by atoms with Gasteiger partial charge in [0.2, 0.25) is 0 Å². The number of nitrogens with one attached hydrogen (secondary N) is 1. The summed E-state index contributed by atoms with van der Waals surface area (Å²) in [6, 6.07) is 20.8. The Labute approximate surface area is 177 Å². The molecule has 2 aliphatic rings. The molecule has 5 nitrogen and oxygen atoms in total. The lowest BCUT2D eigenvalue weighted by molar-refractivity contribution is 0.412. The number of nitrogens with zero attached hydrogens (tertiary/aromatic N) is 1. The number of fused-ring (bicyclic) bond motifs is 5. The lowest BCUT2D eigenvalue weighted by atomic mass is 9.73. The number of aryl methyl sites for hydroxylation is 1. The molecule has 3 aromatic rings. The van der Waals surface area contributed by atoms with Crippen LogP contribution in [0, 0.1) is 6.92 Å². The van der Waals surface area contributed by atoms with Crippen LogP contribution in [0.5, 0.6) is 5.75 Å². The van der Waals surface area contributed by atoms with Gasteiger partial charge >= 0.3 is 0 Å². The van der Waals surface area contributed by atoms with Crippen molar-refractivity contribution < 1.29 is 13.2 Å². The first-order valence-corrected chi connectivity index (χ1v) is 11.5. The fourth-order valence-corrected chi connectivity index (χ4v) is 6.60. The van der Waals surface area contributed by atoms with Crippen molar-refractivity contribution in [3.63, 3.8) is 0 Å². The molecule has 2 heterocycles. The lowest BCUT2D eigenvalue weighted by Crippen LogP contribution is -2.48. The van der Waals surface area contributed by atoms with E-state index in [9.17, 15) is 8.42 Å². The van der Waals surface area contributed by atoms with E-state index in [2.05, 4.69) is 18.3 Å². The molecule has 1 N–H and O–H groups in total. The van der Waals surface area contributed by atoms with Gasteiger partial charge in [-0.15, -0.1) is 0 Å². The quantitative estimate of drug-likeness (QED) is 0.667. The van der Waals surface area contributed by atoms with Crippen molar-refractivity contribution in [1.29, 1.82) is 0 Å². The highest BCUT2D eigenvalue weighted by Crippen LogP contribution is 2.58. The highest BCUT2D eigenvalue weighted by molar-refractivity contribution is 7.93. The van der Waals surface area contributed by atoms with Gasteiger partial charge in [0.25, 0.3) is 10.0 Å². The molecule has 0 saturated heterocycles. The van der Waals surface area contributed by atoms with Crippen molar-refractivity contribution in [2.75, 3.05) is 16.7 Å². The molecular weight excluding hydrogens is 396 g/mol. The van der Waals surface area contributed by atoms with Gasteiger partial charge in [-0.1, -0.05) is 42.8 Å². The molecule has 0 unspecified atom stereocenters. The second-order valence-electron chi connectivity index (χ2n) is 7.91. The Hall–Kier alpha value is -2.99. The third kappa shape index (κ3) is 2.37. The van der Waals surface area contributed by atoms with Gasteiger partial charge < -0.3 is 10.1 Å². The van der Waals surface area contributed by atoms with Crippen molar-refractivity contribution in [2.45, 2.75) is 36.7 Å². The molecule has 0 bridgehead atoms. The first-order valence-electron chi connectivity index (χ1n) is 10.1. The summed E-state index contributed by atoms with van der Waals surface area (Å²) in [4.78, 5) is 0.291.